The average molecular weight is 363 g/mol. The SMILES string of the molecule is CC(NC(=O)c1cccc(C(=O)Nc2ccccc2F)n1)c1ccccc1. The molecule has 27 heavy (non-hydrogen) atoms. The molecule has 0 radical (unpaired) electrons. The molecule has 0 aliphatic heterocycles. The molecule has 5 nitrogen and oxygen atoms in total. The molecule has 2 amide bonds. The summed E-state index contributed by atoms with van der Waals surface area (Å²) in [5.41, 5.74) is 1.15. The number of benzene rings is 2. The number of aromatic nitrogens is 1. The Morgan fingerprint density at radius 2 is 1.48 bits per heavy atom. The summed E-state index contributed by atoms with van der Waals surface area (Å²) < 4.78 is 13.7. The predicted molar refractivity (Wildman–Crippen MR) is 101 cm³/mol. The highest BCUT2D eigenvalue weighted by Crippen LogP contribution is 2.14. The molecule has 1 atom stereocenters. The molecule has 3 aromatic rings. The Morgan fingerprint density at radius 3 is 2.19 bits per heavy atom. The third-order valence-corrected chi connectivity index (χ3v) is 3.98. The maximum absolute atomic E-state index is 13.7. The summed E-state index contributed by atoms with van der Waals surface area (Å²) in [6.45, 7) is 1.86. The lowest BCUT2D eigenvalue weighted by Crippen LogP contribution is -2.28. The first kappa shape index (κ1) is 18.3. The van der Waals surface area contributed by atoms with Crippen LogP contribution in [0.3, 0.4) is 0 Å². The number of amides is 2. The Bertz CT molecular complexity index is 960. The standard InChI is InChI=1S/C21H18FN3O2/c1-14(15-8-3-2-4-9-15)23-20(26)18-12-7-13-19(24-18)21(27)25-17-11-6-5-10-16(17)22/h2-14H,1H3,(H,23,26)(H,25,27). The Hall–Kier alpha value is -3.54. The maximum atomic E-state index is 13.7. The monoisotopic (exact) mass is 363 g/mol. The highest BCUT2D eigenvalue weighted by molar-refractivity contribution is 6.03. The fourth-order valence-electron chi connectivity index (χ4n) is 2.53. The molecule has 0 aliphatic rings. The van der Waals surface area contributed by atoms with Crippen molar-refractivity contribution in [2.45, 2.75) is 13.0 Å². The van der Waals surface area contributed by atoms with Crippen molar-refractivity contribution in [2.75, 3.05) is 5.32 Å². The van der Waals surface area contributed by atoms with Gasteiger partial charge in [0.2, 0.25) is 0 Å². The zero-order valence-electron chi connectivity index (χ0n) is 14.6. The lowest BCUT2D eigenvalue weighted by molar-refractivity contribution is 0.0934. The van der Waals surface area contributed by atoms with Crippen molar-refractivity contribution in [2.24, 2.45) is 0 Å². The van der Waals surface area contributed by atoms with Gasteiger partial charge in [0.15, 0.2) is 0 Å². The van der Waals surface area contributed by atoms with E-state index in [0.717, 1.165) is 5.56 Å². The number of hydrogen-bond donors (Lipinski definition) is 2. The molecule has 0 spiro atoms. The van der Waals surface area contributed by atoms with E-state index in [1.165, 1.54) is 30.3 Å². The van der Waals surface area contributed by atoms with Crippen LogP contribution in [0, 0.1) is 5.82 Å². The first-order valence-electron chi connectivity index (χ1n) is 8.43. The Balaban J connectivity index is 1.72. The third kappa shape index (κ3) is 4.55. The number of nitrogens with one attached hydrogen (secondary N) is 2. The van der Waals surface area contributed by atoms with E-state index in [0.29, 0.717) is 0 Å². The van der Waals surface area contributed by atoms with Gasteiger partial charge in [-0.05, 0) is 36.8 Å². The van der Waals surface area contributed by atoms with E-state index >= 15 is 0 Å². The van der Waals surface area contributed by atoms with Gasteiger partial charge < -0.3 is 10.6 Å². The summed E-state index contributed by atoms with van der Waals surface area (Å²) in [5.74, 6) is -1.53. The van der Waals surface area contributed by atoms with Crippen molar-refractivity contribution in [3.05, 3.63) is 95.6 Å². The molecule has 0 fully saturated rings. The van der Waals surface area contributed by atoms with Crippen molar-refractivity contribution < 1.29 is 14.0 Å². The van der Waals surface area contributed by atoms with Crippen LogP contribution < -0.4 is 10.6 Å². The second-order valence-corrected chi connectivity index (χ2v) is 5.95. The normalized spacial score (nSPS) is 11.5. The lowest BCUT2D eigenvalue weighted by Gasteiger charge is -2.14. The van der Waals surface area contributed by atoms with Crippen LogP contribution in [0.4, 0.5) is 10.1 Å². The summed E-state index contributed by atoms with van der Waals surface area (Å²) in [5, 5.41) is 5.30. The van der Waals surface area contributed by atoms with E-state index in [2.05, 4.69) is 15.6 Å². The molecule has 0 bridgehead atoms. The number of rotatable bonds is 5. The Kier molecular flexibility index (Phi) is 5.56. The molecule has 1 aromatic heterocycles. The van der Waals surface area contributed by atoms with Crippen LogP contribution in [-0.4, -0.2) is 16.8 Å². The van der Waals surface area contributed by atoms with Gasteiger partial charge in [0.05, 0.1) is 11.7 Å². The molecule has 0 saturated carbocycles. The molecule has 1 heterocycles. The van der Waals surface area contributed by atoms with E-state index in [4.69, 9.17) is 0 Å². The molecule has 2 N–H and O–H groups in total. The Labute approximate surface area is 156 Å². The van der Waals surface area contributed by atoms with Gasteiger partial charge in [-0.1, -0.05) is 48.5 Å². The summed E-state index contributed by atoms with van der Waals surface area (Å²) in [7, 11) is 0. The van der Waals surface area contributed by atoms with E-state index in [9.17, 15) is 14.0 Å². The first-order valence-corrected chi connectivity index (χ1v) is 8.43. The summed E-state index contributed by atoms with van der Waals surface area (Å²) >= 11 is 0. The number of carbonyl (C=O) groups excluding carboxylic acids is 2. The number of pyridine rings is 1. The van der Waals surface area contributed by atoms with Crippen LogP contribution in [0.15, 0.2) is 72.8 Å². The van der Waals surface area contributed by atoms with Gasteiger partial charge >= 0.3 is 0 Å². The van der Waals surface area contributed by atoms with E-state index in [1.54, 1.807) is 12.1 Å². The molecular formula is C21H18FN3O2. The van der Waals surface area contributed by atoms with Crippen LogP contribution in [0.1, 0.15) is 39.5 Å². The number of carbonyl (C=O) groups is 2. The zero-order valence-corrected chi connectivity index (χ0v) is 14.6. The predicted octanol–water partition coefficient (Wildman–Crippen LogP) is 3.96. The molecule has 136 valence electrons. The first-order chi connectivity index (χ1) is 13.0. The average Bonchev–Trinajstić information content (AvgIpc) is 2.70. The van der Waals surface area contributed by atoms with Gasteiger partial charge in [-0.25, -0.2) is 9.37 Å². The second-order valence-electron chi connectivity index (χ2n) is 5.95. The zero-order chi connectivity index (χ0) is 19.2. The minimum Gasteiger partial charge on any atom is -0.344 e. The van der Waals surface area contributed by atoms with Crippen LogP contribution >= 0.6 is 0 Å². The summed E-state index contributed by atoms with van der Waals surface area (Å²) in [6, 6.07) is 19.7. The van der Waals surface area contributed by atoms with Gasteiger partial charge in [0.25, 0.3) is 11.8 Å². The van der Waals surface area contributed by atoms with Crippen LogP contribution in [0.2, 0.25) is 0 Å². The lowest BCUT2D eigenvalue weighted by atomic mass is 10.1. The molecule has 0 aliphatic carbocycles. The fourth-order valence-corrected chi connectivity index (χ4v) is 2.53. The van der Waals surface area contributed by atoms with Crippen molar-refractivity contribution >= 4 is 17.5 Å². The van der Waals surface area contributed by atoms with E-state index < -0.39 is 17.6 Å². The molecule has 0 saturated heterocycles. The molecule has 2 aromatic carbocycles. The molecular weight excluding hydrogens is 345 g/mol. The van der Waals surface area contributed by atoms with Crippen molar-refractivity contribution in [3.8, 4) is 0 Å². The van der Waals surface area contributed by atoms with E-state index in [1.807, 2.05) is 37.3 Å². The second kappa shape index (κ2) is 8.23. The summed E-state index contributed by atoms with van der Waals surface area (Å²) in [6.07, 6.45) is 0. The largest absolute Gasteiger partial charge is 0.344 e. The van der Waals surface area contributed by atoms with Crippen LogP contribution in [-0.2, 0) is 0 Å². The van der Waals surface area contributed by atoms with Crippen molar-refractivity contribution in [1.29, 1.82) is 0 Å². The number of halogens is 1. The quantitative estimate of drug-likeness (QED) is 0.721. The van der Waals surface area contributed by atoms with Gasteiger partial charge in [-0.15, -0.1) is 0 Å². The van der Waals surface area contributed by atoms with Crippen molar-refractivity contribution in [1.82, 2.24) is 10.3 Å². The van der Waals surface area contributed by atoms with Crippen molar-refractivity contribution in [3.63, 3.8) is 0 Å². The minimum absolute atomic E-state index is 0.0262. The van der Waals surface area contributed by atoms with Gasteiger partial charge in [-0.3, -0.25) is 9.59 Å². The third-order valence-electron chi connectivity index (χ3n) is 3.98. The van der Waals surface area contributed by atoms with Gasteiger partial charge in [-0.2, -0.15) is 0 Å². The minimum atomic E-state index is -0.592. The molecule has 1 unspecified atom stereocenters. The number of anilines is 1. The van der Waals surface area contributed by atoms with Crippen LogP contribution in [0.5, 0.6) is 0 Å². The van der Waals surface area contributed by atoms with E-state index in [-0.39, 0.29) is 23.1 Å². The maximum Gasteiger partial charge on any atom is 0.274 e. The van der Waals surface area contributed by atoms with Crippen LogP contribution in [0.25, 0.3) is 0 Å². The fraction of sp³-hybridized carbons (Fsp3) is 0.0952. The highest BCUT2D eigenvalue weighted by atomic mass is 19.1. The molecule has 3 rings (SSSR count). The van der Waals surface area contributed by atoms with Gasteiger partial charge in [0, 0.05) is 0 Å². The number of hydrogen-bond acceptors (Lipinski definition) is 3. The Morgan fingerprint density at radius 1 is 0.852 bits per heavy atom. The smallest absolute Gasteiger partial charge is 0.274 e. The topological polar surface area (TPSA) is 71.1 Å². The van der Waals surface area contributed by atoms with Gasteiger partial charge in [0.1, 0.15) is 17.2 Å². The summed E-state index contributed by atoms with van der Waals surface area (Å²) in [4.78, 5) is 28.9. The molecule has 6 heteroatoms. The highest BCUT2D eigenvalue weighted by Gasteiger charge is 2.16. The number of nitrogens with zero attached hydrogens (tertiary/aromatic N) is 1. The number of para-hydroxylation sites is 1.